The molecule has 1 aliphatic rings. The van der Waals surface area contributed by atoms with E-state index in [4.69, 9.17) is 4.74 Å². The molecule has 23 heavy (non-hydrogen) atoms. The van der Waals surface area contributed by atoms with Gasteiger partial charge >= 0.3 is 5.97 Å². The SMILES string of the molecule is C=C(C)Cc1ccc(COC(=O)C2C(C=C(C)C)C2(C)C)cc1. The van der Waals surface area contributed by atoms with Crippen molar-refractivity contribution in [3.8, 4) is 0 Å². The van der Waals surface area contributed by atoms with E-state index >= 15 is 0 Å². The minimum atomic E-state index is -0.0801. The van der Waals surface area contributed by atoms with E-state index in [1.54, 1.807) is 0 Å². The van der Waals surface area contributed by atoms with Crippen LogP contribution >= 0.6 is 0 Å². The smallest absolute Gasteiger partial charge is 0.310 e. The topological polar surface area (TPSA) is 26.3 Å². The molecule has 1 aromatic rings. The van der Waals surface area contributed by atoms with Gasteiger partial charge in [0.2, 0.25) is 0 Å². The van der Waals surface area contributed by atoms with Crippen molar-refractivity contribution in [2.24, 2.45) is 17.3 Å². The maximum atomic E-state index is 12.3. The van der Waals surface area contributed by atoms with Crippen molar-refractivity contribution in [2.45, 2.75) is 47.6 Å². The maximum absolute atomic E-state index is 12.3. The van der Waals surface area contributed by atoms with Gasteiger partial charge in [-0.05, 0) is 49.7 Å². The van der Waals surface area contributed by atoms with E-state index in [9.17, 15) is 4.79 Å². The number of esters is 1. The summed E-state index contributed by atoms with van der Waals surface area (Å²) in [6.07, 6.45) is 3.08. The lowest BCUT2D eigenvalue weighted by Gasteiger charge is -2.07. The molecule has 0 aromatic heterocycles. The third kappa shape index (κ3) is 4.34. The van der Waals surface area contributed by atoms with E-state index in [1.807, 2.05) is 19.1 Å². The summed E-state index contributed by atoms with van der Waals surface area (Å²) in [5.74, 6) is 0.210. The highest BCUT2D eigenvalue weighted by Gasteiger charge is 2.61. The van der Waals surface area contributed by atoms with Gasteiger partial charge in [-0.15, -0.1) is 0 Å². The first-order valence-corrected chi connectivity index (χ1v) is 8.25. The molecule has 2 heteroatoms. The van der Waals surface area contributed by atoms with Crippen LogP contribution in [-0.2, 0) is 22.6 Å². The summed E-state index contributed by atoms with van der Waals surface area (Å²) in [6, 6.07) is 8.20. The number of hydrogen-bond acceptors (Lipinski definition) is 2. The molecule has 2 rings (SSSR count). The molecule has 0 amide bonds. The van der Waals surface area contributed by atoms with Crippen LogP contribution in [0.15, 0.2) is 48.1 Å². The Hall–Kier alpha value is -1.83. The van der Waals surface area contributed by atoms with Crippen LogP contribution in [-0.4, -0.2) is 5.97 Å². The molecule has 2 nitrogen and oxygen atoms in total. The Morgan fingerprint density at radius 2 is 1.74 bits per heavy atom. The van der Waals surface area contributed by atoms with Crippen LogP contribution in [0.25, 0.3) is 0 Å². The van der Waals surface area contributed by atoms with Crippen LogP contribution < -0.4 is 0 Å². The fourth-order valence-corrected chi connectivity index (χ4v) is 3.14. The molecule has 1 fully saturated rings. The zero-order valence-electron chi connectivity index (χ0n) is 15.0. The molecule has 124 valence electrons. The van der Waals surface area contributed by atoms with Crippen LogP contribution in [0.5, 0.6) is 0 Å². The van der Waals surface area contributed by atoms with Crippen molar-refractivity contribution in [3.63, 3.8) is 0 Å². The molecule has 0 N–H and O–H groups in total. The molecule has 1 aliphatic carbocycles. The summed E-state index contributed by atoms with van der Waals surface area (Å²) in [5.41, 5.74) is 4.68. The molecule has 2 atom stereocenters. The highest BCUT2D eigenvalue weighted by molar-refractivity contribution is 5.78. The molecule has 1 saturated carbocycles. The summed E-state index contributed by atoms with van der Waals surface area (Å²) in [6.45, 7) is 14.7. The molecule has 0 heterocycles. The van der Waals surface area contributed by atoms with Gasteiger partial charge in [0.25, 0.3) is 0 Å². The predicted octanol–water partition coefficient (Wildman–Crippen LogP) is 5.09. The molecular formula is C21H28O2. The van der Waals surface area contributed by atoms with Crippen molar-refractivity contribution >= 4 is 5.97 Å². The fourth-order valence-electron chi connectivity index (χ4n) is 3.14. The van der Waals surface area contributed by atoms with Crippen LogP contribution in [0.4, 0.5) is 0 Å². The third-order valence-corrected chi connectivity index (χ3v) is 4.59. The van der Waals surface area contributed by atoms with Gasteiger partial charge < -0.3 is 4.74 Å². The molecule has 0 radical (unpaired) electrons. The number of hydrogen-bond donors (Lipinski definition) is 0. The summed E-state index contributed by atoms with van der Waals surface area (Å²) in [5, 5.41) is 0. The van der Waals surface area contributed by atoms with Crippen molar-refractivity contribution in [1.82, 2.24) is 0 Å². The van der Waals surface area contributed by atoms with Gasteiger partial charge in [0.1, 0.15) is 6.61 Å². The van der Waals surface area contributed by atoms with Crippen molar-refractivity contribution < 1.29 is 9.53 Å². The summed E-state index contributed by atoms with van der Waals surface area (Å²) < 4.78 is 5.53. The Balaban J connectivity index is 1.90. The van der Waals surface area contributed by atoms with E-state index < -0.39 is 0 Å². The molecular weight excluding hydrogens is 284 g/mol. The van der Waals surface area contributed by atoms with Crippen molar-refractivity contribution in [2.75, 3.05) is 0 Å². The first-order valence-electron chi connectivity index (χ1n) is 8.25. The van der Waals surface area contributed by atoms with E-state index in [0.717, 1.165) is 17.6 Å². The molecule has 0 aliphatic heterocycles. The average molecular weight is 312 g/mol. The number of carbonyl (C=O) groups is 1. The van der Waals surface area contributed by atoms with Gasteiger partial charge in [0.05, 0.1) is 5.92 Å². The zero-order valence-corrected chi connectivity index (χ0v) is 15.0. The third-order valence-electron chi connectivity index (χ3n) is 4.59. The van der Waals surface area contributed by atoms with E-state index in [1.165, 1.54) is 11.1 Å². The Kier molecular flexibility index (Phi) is 5.13. The highest BCUT2D eigenvalue weighted by Crippen LogP contribution is 2.59. The zero-order chi connectivity index (χ0) is 17.2. The summed E-state index contributed by atoms with van der Waals surface area (Å²) in [7, 11) is 0. The first kappa shape index (κ1) is 17.5. The van der Waals surface area contributed by atoms with Crippen LogP contribution in [0.1, 0.15) is 45.7 Å². The average Bonchev–Trinajstić information content (AvgIpc) is 2.97. The van der Waals surface area contributed by atoms with Gasteiger partial charge in [-0.25, -0.2) is 0 Å². The van der Waals surface area contributed by atoms with E-state index in [2.05, 4.69) is 52.5 Å². The van der Waals surface area contributed by atoms with E-state index in [-0.39, 0.29) is 17.3 Å². The number of ether oxygens (including phenoxy) is 1. The second kappa shape index (κ2) is 6.74. The lowest BCUT2D eigenvalue weighted by atomic mass is 10.1. The standard InChI is InChI=1S/C21H28O2/c1-14(2)11-16-7-9-17(10-8-16)13-23-20(22)19-18(12-15(3)4)21(19,5)6/h7-10,12,18-19H,1,11,13H2,2-6H3. The van der Waals surface area contributed by atoms with Gasteiger partial charge in [-0.1, -0.05) is 61.9 Å². The Bertz CT molecular complexity index is 616. The summed E-state index contributed by atoms with van der Waals surface area (Å²) >= 11 is 0. The van der Waals surface area contributed by atoms with Crippen LogP contribution in [0.3, 0.4) is 0 Å². The lowest BCUT2D eigenvalue weighted by molar-refractivity contribution is -0.147. The summed E-state index contributed by atoms with van der Waals surface area (Å²) in [4.78, 5) is 12.3. The largest absolute Gasteiger partial charge is 0.461 e. The highest BCUT2D eigenvalue weighted by atomic mass is 16.5. The maximum Gasteiger partial charge on any atom is 0.310 e. The van der Waals surface area contributed by atoms with Gasteiger partial charge in [0, 0.05) is 0 Å². The number of allylic oxidation sites excluding steroid dienone is 3. The second-order valence-electron chi connectivity index (χ2n) is 7.63. The molecule has 0 saturated heterocycles. The van der Waals surface area contributed by atoms with Crippen LogP contribution in [0.2, 0.25) is 0 Å². The number of rotatable bonds is 6. The monoisotopic (exact) mass is 312 g/mol. The lowest BCUT2D eigenvalue weighted by Crippen LogP contribution is -2.10. The molecule has 0 spiro atoms. The predicted molar refractivity (Wildman–Crippen MR) is 94.9 cm³/mol. The van der Waals surface area contributed by atoms with Gasteiger partial charge in [0.15, 0.2) is 0 Å². The second-order valence-corrected chi connectivity index (χ2v) is 7.63. The van der Waals surface area contributed by atoms with Crippen LogP contribution in [0, 0.1) is 17.3 Å². The normalized spacial score (nSPS) is 21.4. The quantitative estimate of drug-likeness (QED) is 0.540. The minimum Gasteiger partial charge on any atom is -0.461 e. The number of benzene rings is 1. The van der Waals surface area contributed by atoms with Crippen molar-refractivity contribution in [1.29, 1.82) is 0 Å². The van der Waals surface area contributed by atoms with Gasteiger partial charge in [-0.3, -0.25) is 4.79 Å². The molecule has 2 unspecified atom stereocenters. The van der Waals surface area contributed by atoms with Gasteiger partial charge in [-0.2, -0.15) is 0 Å². The van der Waals surface area contributed by atoms with Crippen molar-refractivity contribution in [3.05, 3.63) is 59.2 Å². The Morgan fingerprint density at radius 1 is 1.17 bits per heavy atom. The minimum absolute atomic E-state index is 0.0136. The Labute approximate surface area is 140 Å². The first-order chi connectivity index (χ1) is 10.7. The molecule has 1 aromatic carbocycles. The van der Waals surface area contributed by atoms with E-state index in [0.29, 0.717) is 12.5 Å². The fraction of sp³-hybridized carbons (Fsp3) is 0.476. The number of carbonyl (C=O) groups excluding carboxylic acids is 1. The molecule has 0 bridgehead atoms. The Morgan fingerprint density at radius 3 is 2.26 bits per heavy atom.